The van der Waals surface area contributed by atoms with E-state index in [2.05, 4.69) is 27.2 Å². The summed E-state index contributed by atoms with van der Waals surface area (Å²) in [6.45, 7) is 4.34. The Hall–Kier alpha value is -1.39. The average molecular weight is 290 g/mol. The van der Waals surface area contributed by atoms with E-state index >= 15 is 0 Å². The van der Waals surface area contributed by atoms with Gasteiger partial charge in [0.2, 0.25) is 5.91 Å². The van der Waals surface area contributed by atoms with Crippen molar-refractivity contribution in [3.05, 3.63) is 11.9 Å². The fourth-order valence-corrected chi connectivity index (χ4v) is 4.10. The molecule has 1 saturated heterocycles. The van der Waals surface area contributed by atoms with Gasteiger partial charge in [0.1, 0.15) is 0 Å². The third kappa shape index (κ3) is 3.44. The van der Waals surface area contributed by atoms with Crippen molar-refractivity contribution in [2.75, 3.05) is 13.1 Å². The van der Waals surface area contributed by atoms with Crippen molar-refractivity contribution in [2.45, 2.75) is 58.3 Å². The highest BCUT2D eigenvalue weighted by atomic mass is 16.2. The lowest BCUT2D eigenvalue weighted by atomic mass is 9.85. The highest BCUT2D eigenvalue weighted by molar-refractivity contribution is 5.76. The van der Waals surface area contributed by atoms with Crippen LogP contribution < -0.4 is 0 Å². The Morgan fingerprint density at radius 3 is 3.10 bits per heavy atom. The number of likely N-dealkylation sites (tertiary alicyclic amines) is 1. The van der Waals surface area contributed by atoms with Crippen LogP contribution in [0.2, 0.25) is 0 Å². The number of carbonyl (C=O) groups is 1. The van der Waals surface area contributed by atoms with E-state index in [0.717, 1.165) is 44.0 Å². The molecule has 2 atom stereocenters. The van der Waals surface area contributed by atoms with E-state index in [9.17, 15) is 4.79 Å². The van der Waals surface area contributed by atoms with Crippen LogP contribution in [-0.2, 0) is 11.2 Å². The van der Waals surface area contributed by atoms with Crippen molar-refractivity contribution in [3.63, 3.8) is 0 Å². The zero-order chi connectivity index (χ0) is 14.7. The highest BCUT2D eigenvalue weighted by Gasteiger charge is 2.43. The zero-order valence-electron chi connectivity index (χ0n) is 13.0. The molecule has 5 heteroatoms. The van der Waals surface area contributed by atoms with Crippen LogP contribution in [0.3, 0.4) is 0 Å². The maximum absolute atomic E-state index is 12.3. The maximum Gasteiger partial charge on any atom is 0.222 e. The molecule has 2 aliphatic rings. The predicted molar refractivity (Wildman–Crippen MR) is 80.6 cm³/mol. The molecule has 2 unspecified atom stereocenters. The first-order valence-electron chi connectivity index (χ1n) is 8.29. The van der Waals surface area contributed by atoms with E-state index in [0.29, 0.717) is 17.7 Å². The molecule has 1 aliphatic carbocycles. The van der Waals surface area contributed by atoms with Gasteiger partial charge in [-0.25, -0.2) is 0 Å². The lowest BCUT2D eigenvalue weighted by molar-refractivity contribution is -0.130. The molecule has 1 aromatic heterocycles. The Kier molecular flexibility index (Phi) is 4.27. The van der Waals surface area contributed by atoms with Crippen LogP contribution in [0.25, 0.3) is 0 Å². The highest BCUT2D eigenvalue weighted by Crippen LogP contribution is 2.47. The van der Waals surface area contributed by atoms with Gasteiger partial charge in [-0.05, 0) is 49.9 Å². The number of nitrogens with one attached hydrogen (secondary N) is 1. The molecule has 2 fully saturated rings. The number of nitrogens with zero attached hydrogens (tertiary/aromatic N) is 3. The number of rotatable bonds is 5. The fraction of sp³-hybridized carbons (Fsp3) is 0.812. The minimum atomic E-state index is 0.353. The third-order valence-corrected chi connectivity index (χ3v) is 5.28. The van der Waals surface area contributed by atoms with Crippen LogP contribution in [0, 0.1) is 11.3 Å². The van der Waals surface area contributed by atoms with Crippen molar-refractivity contribution < 1.29 is 4.79 Å². The molecule has 1 aliphatic heterocycles. The predicted octanol–water partition coefficient (Wildman–Crippen LogP) is 2.56. The van der Waals surface area contributed by atoms with Gasteiger partial charge in [0, 0.05) is 19.5 Å². The summed E-state index contributed by atoms with van der Waals surface area (Å²) in [6.07, 6.45) is 10.5. The Morgan fingerprint density at radius 1 is 1.48 bits per heavy atom. The minimum Gasteiger partial charge on any atom is -0.342 e. The van der Waals surface area contributed by atoms with E-state index in [1.807, 2.05) is 0 Å². The molecule has 116 valence electrons. The van der Waals surface area contributed by atoms with Crippen molar-refractivity contribution in [1.82, 2.24) is 20.3 Å². The summed E-state index contributed by atoms with van der Waals surface area (Å²) in [5.74, 6) is 1.20. The number of aryl methyl sites for hydroxylation is 1. The molecule has 1 aromatic rings. The molecule has 3 rings (SSSR count). The summed E-state index contributed by atoms with van der Waals surface area (Å²) in [7, 11) is 0. The van der Waals surface area contributed by atoms with Gasteiger partial charge in [0.15, 0.2) is 0 Å². The second-order valence-electron chi connectivity index (χ2n) is 7.08. The molecule has 5 nitrogen and oxygen atoms in total. The first-order chi connectivity index (χ1) is 10.2. The van der Waals surface area contributed by atoms with E-state index in [1.54, 1.807) is 6.20 Å². The molecule has 2 heterocycles. The second-order valence-corrected chi connectivity index (χ2v) is 7.08. The summed E-state index contributed by atoms with van der Waals surface area (Å²) in [5, 5.41) is 10.4. The van der Waals surface area contributed by atoms with Crippen LogP contribution in [0.5, 0.6) is 0 Å². The molecule has 1 N–H and O–H groups in total. The third-order valence-electron chi connectivity index (χ3n) is 5.28. The van der Waals surface area contributed by atoms with Crippen LogP contribution in [0.4, 0.5) is 0 Å². The summed E-state index contributed by atoms with van der Waals surface area (Å²) in [6, 6.07) is 0. The van der Waals surface area contributed by atoms with Gasteiger partial charge >= 0.3 is 0 Å². The Labute approximate surface area is 126 Å². The summed E-state index contributed by atoms with van der Waals surface area (Å²) >= 11 is 0. The van der Waals surface area contributed by atoms with Crippen LogP contribution in [0.15, 0.2) is 6.20 Å². The summed E-state index contributed by atoms with van der Waals surface area (Å²) in [4.78, 5) is 14.4. The number of amides is 1. The quantitative estimate of drug-likeness (QED) is 0.848. The first kappa shape index (κ1) is 14.5. The number of aromatic nitrogens is 3. The largest absolute Gasteiger partial charge is 0.342 e. The lowest BCUT2D eigenvalue weighted by Crippen LogP contribution is -2.31. The Morgan fingerprint density at radius 2 is 2.38 bits per heavy atom. The number of aromatic amines is 1. The number of carbonyl (C=O) groups excluding carboxylic acids is 1. The fourth-order valence-electron chi connectivity index (χ4n) is 4.10. The normalized spacial score (nSPS) is 28.6. The zero-order valence-corrected chi connectivity index (χ0v) is 13.0. The van der Waals surface area contributed by atoms with Crippen molar-refractivity contribution >= 4 is 5.91 Å². The van der Waals surface area contributed by atoms with Crippen LogP contribution in [-0.4, -0.2) is 39.3 Å². The molecular weight excluding hydrogens is 264 g/mol. The standard InChI is InChI=1S/C16H26N4O/c1-13-6-7-16(10-13)8-9-20(12-16)15(21)5-3-2-4-14-11-17-19-18-14/h11,13H,2-10,12H2,1H3,(H,17,18,19). The number of unbranched alkanes of at least 4 members (excludes halogenated alkanes) is 1. The van der Waals surface area contributed by atoms with Gasteiger partial charge in [-0.1, -0.05) is 13.3 Å². The number of hydrogen-bond donors (Lipinski definition) is 1. The number of H-pyrrole nitrogens is 1. The molecule has 1 spiro atoms. The molecule has 0 aromatic carbocycles. The van der Waals surface area contributed by atoms with Gasteiger partial charge in [-0.2, -0.15) is 15.4 Å². The summed E-state index contributed by atoms with van der Waals surface area (Å²) < 4.78 is 0. The van der Waals surface area contributed by atoms with E-state index in [-0.39, 0.29) is 0 Å². The van der Waals surface area contributed by atoms with Gasteiger partial charge in [-0.3, -0.25) is 4.79 Å². The second kappa shape index (κ2) is 6.16. The molecule has 0 radical (unpaired) electrons. The van der Waals surface area contributed by atoms with Gasteiger partial charge in [0.25, 0.3) is 0 Å². The maximum atomic E-state index is 12.3. The van der Waals surface area contributed by atoms with E-state index < -0.39 is 0 Å². The summed E-state index contributed by atoms with van der Waals surface area (Å²) in [5.41, 5.74) is 1.46. The Bertz CT molecular complexity index is 473. The van der Waals surface area contributed by atoms with E-state index in [1.165, 1.54) is 25.7 Å². The van der Waals surface area contributed by atoms with E-state index in [4.69, 9.17) is 0 Å². The van der Waals surface area contributed by atoms with Gasteiger partial charge in [0.05, 0.1) is 11.9 Å². The molecule has 21 heavy (non-hydrogen) atoms. The molecular formula is C16H26N4O. The topological polar surface area (TPSA) is 61.9 Å². The van der Waals surface area contributed by atoms with Gasteiger partial charge in [-0.15, -0.1) is 0 Å². The van der Waals surface area contributed by atoms with Crippen LogP contribution >= 0.6 is 0 Å². The molecule has 0 bridgehead atoms. The average Bonchev–Trinajstić information content (AvgIpc) is 3.18. The van der Waals surface area contributed by atoms with Crippen molar-refractivity contribution in [1.29, 1.82) is 0 Å². The van der Waals surface area contributed by atoms with Gasteiger partial charge < -0.3 is 4.90 Å². The smallest absolute Gasteiger partial charge is 0.222 e. The SMILES string of the molecule is CC1CCC2(CCN(C(=O)CCCCc3cn[nH]n3)C2)C1. The molecule has 1 amide bonds. The molecule has 1 saturated carbocycles. The van der Waals surface area contributed by atoms with Crippen LogP contribution in [0.1, 0.15) is 57.6 Å². The minimum absolute atomic E-state index is 0.353. The van der Waals surface area contributed by atoms with Crippen molar-refractivity contribution in [2.24, 2.45) is 11.3 Å². The Balaban J connectivity index is 1.38. The monoisotopic (exact) mass is 290 g/mol. The van der Waals surface area contributed by atoms with Crippen molar-refractivity contribution in [3.8, 4) is 0 Å². The lowest BCUT2D eigenvalue weighted by Gasteiger charge is -2.24. The first-order valence-corrected chi connectivity index (χ1v) is 8.29. The number of hydrogen-bond acceptors (Lipinski definition) is 3.